The Morgan fingerprint density at radius 2 is 1.77 bits per heavy atom. The summed E-state index contributed by atoms with van der Waals surface area (Å²) in [6.07, 6.45) is 2.66. The molecule has 0 aliphatic carbocycles. The average molecular weight is 476 g/mol. The van der Waals surface area contributed by atoms with E-state index in [1.54, 1.807) is 6.08 Å². The van der Waals surface area contributed by atoms with Gasteiger partial charge in [0, 0.05) is 18.2 Å². The summed E-state index contributed by atoms with van der Waals surface area (Å²) in [5.41, 5.74) is 2.17. The van der Waals surface area contributed by atoms with Crippen LogP contribution in [0.2, 0.25) is 0 Å². The fourth-order valence-electron chi connectivity index (χ4n) is 5.25. The van der Waals surface area contributed by atoms with Crippen molar-refractivity contribution in [3.8, 4) is 0 Å². The highest BCUT2D eigenvalue weighted by molar-refractivity contribution is 6.08. The van der Waals surface area contributed by atoms with E-state index in [1.807, 2.05) is 79.4 Å². The van der Waals surface area contributed by atoms with Gasteiger partial charge in [0.15, 0.2) is 11.4 Å². The predicted octanol–water partition coefficient (Wildman–Crippen LogP) is 3.50. The molecule has 0 radical (unpaired) electrons. The van der Waals surface area contributed by atoms with Crippen molar-refractivity contribution in [2.24, 2.45) is 0 Å². The normalized spacial score (nSPS) is 27.6. The van der Waals surface area contributed by atoms with Gasteiger partial charge >= 0.3 is 5.97 Å². The number of rotatable bonds is 6. The van der Waals surface area contributed by atoms with E-state index in [-0.39, 0.29) is 18.6 Å². The van der Waals surface area contributed by atoms with Crippen molar-refractivity contribution in [1.29, 1.82) is 0 Å². The molecule has 3 atom stereocenters. The molecule has 3 aliphatic heterocycles. The molecule has 2 saturated heterocycles. The molecule has 3 heterocycles. The van der Waals surface area contributed by atoms with Crippen LogP contribution in [0.5, 0.6) is 0 Å². The van der Waals surface area contributed by atoms with Crippen molar-refractivity contribution in [1.82, 2.24) is 4.90 Å². The summed E-state index contributed by atoms with van der Waals surface area (Å²) < 4.78 is 23.3. The first-order valence-electron chi connectivity index (χ1n) is 11.7. The number of likely N-dealkylation sites (tertiary alicyclic amines) is 1. The lowest BCUT2D eigenvalue weighted by Crippen LogP contribution is -2.77. The summed E-state index contributed by atoms with van der Waals surface area (Å²) in [7, 11) is 1.33. The fraction of sp³-hybridized carbons (Fsp3) is 0.357. The maximum absolute atomic E-state index is 14.0. The van der Waals surface area contributed by atoms with Crippen LogP contribution in [0, 0.1) is 0 Å². The Morgan fingerprint density at radius 1 is 1.09 bits per heavy atom. The molecule has 1 spiro atoms. The van der Waals surface area contributed by atoms with Gasteiger partial charge in [-0.25, -0.2) is 4.79 Å². The SMILES string of the molecule is COC(=O)/C=C/C1=C(c2ccccc2)[C@]2(OC1)C(=O)N(Cc1ccccc1)[C@H]2[C@H]1COC(C)(C)O1. The first-order chi connectivity index (χ1) is 16.9. The first-order valence-corrected chi connectivity index (χ1v) is 11.7. The minimum Gasteiger partial charge on any atom is -0.466 e. The molecule has 0 aromatic heterocycles. The molecule has 5 rings (SSSR count). The molecule has 2 aromatic rings. The van der Waals surface area contributed by atoms with E-state index in [2.05, 4.69) is 0 Å². The molecule has 0 unspecified atom stereocenters. The van der Waals surface area contributed by atoms with Crippen molar-refractivity contribution < 1.29 is 28.5 Å². The van der Waals surface area contributed by atoms with E-state index in [0.29, 0.717) is 13.2 Å². The molecule has 0 N–H and O–H groups in total. The number of esters is 1. The van der Waals surface area contributed by atoms with Gasteiger partial charge in [-0.05, 0) is 36.6 Å². The van der Waals surface area contributed by atoms with E-state index >= 15 is 0 Å². The Kier molecular flexibility index (Phi) is 6.09. The molecule has 35 heavy (non-hydrogen) atoms. The predicted molar refractivity (Wildman–Crippen MR) is 129 cm³/mol. The summed E-state index contributed by atoms with van der Waals surface area (Å²) in [4.78, 5) is 27.7. The number of carbonyl (C=O) groups is 2. The van der Waals surface area contributed by atoms with Gasteiger partial charge in [-0.3, -0.25) is 4.79 Å². The van der Waals surface area contributed by atoms with Gasteiger partial charge in [0.1, 0.15) is 12.1 Å². The van der Waals surface area contributed by atoms with Crippen LogP contribution in [0.4, 0.5) is 0 Å². The minimum atomic E-state index is -1.24. The zero-order chi connectivity index (χ0) is 24.6. The standard InChI is InChI=1S/C28H29NO6/c1-27(2)33-18-22(35-27)25-28(26(31)29(25)16-19-10-6-4-7-11-19)24(20-12-8-5-9-13-20)21(17-34-28)14-15-23(30)32-3/h4-15,22,25H,16-18H2,1-3H3/b15-14+/t22-,25+,28-/m1/s1. The van der Waals surface area contributed by atoms with Crippen molar-refractivity contribution >= 4 is 17.4 Å². The molecule has 0 bridgehead atoms. The highest BCUT2D eigenvalue weighted by Crippen LogP contribution is 2.53. The number of benzene rings is 2. The number of methoxy groups -OCH3 is 1. The van der Waals surface area contributed by atoms with Gasteiger partial charge in [0.25, 0.3) is 5.91 Å². The van der Waals surface area contributed by atoms with Crippen LogP contribution in [-0.4, -0.2) is 60.6 Å². The number of β-lactam (4-membered cyclic amide) rings is 1. The van der Waals surface area contributed by atoms with Crippen LogP contribution in [0.1, 0.15) is 25.0 Å². The molecular weight excluding hydrogens is 446 g/mol. The lowest BCUT2D eigenvalue weighted by atomic mass is 9.70. The van der Waals surface area contributed by atoms with Gasteiger partial charge in [-0.1, -0.05) is 60.7 Å². The lowest BCUT2D eigenvalue weighted by molar-refractivity contribution is -0.209. The molecule has 7 heteroatoms. The van der Waals surface area contributed by atoms with Crippen LogP contribution < -0.4 is 0 Å². The smallest absolute Gasteiger partial charge is 0.330 e. The van der Waals surface area contributed by atoms with Crippen LogP contribution in [0.3, 0.4) is 0 Å². The average Bonchev–Trinajstić information content (AvgIpc) is 3.44. The number of amides is 1. The summed E-state index contributed by atoms with van der Waals surface area (Å²) in [6.45, 7) is 4.71. The molecule has 182 valence electrons. The van der Waals surface area contributed by atoms with E-state index < -0.39 is 23.4 Å². The molecule has 0 saturated carbocycles. The Labute approximate surface area is 204 Å². The van der Waals surface area contributed by atoms with Crippen molar-refractivity contribution in [3.05, 3.63) is 89.5 Å². The van der Waals surface area contributed by atoms with Gasteiger partial charge in [-0.15, -0.1) is 0 Å². The third-order valence-electron chi connectivity index (χ3n) is 6.74. The Hall–Kier alpha value is -3.26. The Bertz CT molecular complexity index is 1170. The second-order valence-electron chi connectivity index (χ2n) is 9.38. The number of carbonyl (C=O) groups excluding carboxylic acids is 2. The summed E-state index contributed by atoms with van der Waals surface area (Å²) >= 11 is 0. The van der Waals surface area contributed by atoms with Gasteiger partial charge in [0.05, 0.1) is 20.3 Å². The highest BCUT2D eigenvalue weighted by Gasteiger charge is 2.70. The van der Waals surface area contributed by atoms with Crippen LogP contribution in [-0.2, 0) is 35.1 Å². The number of hydrogen-bond donors (Lipinski definition) is 0. The summed E-state index contributed by atoms with van der Waals surface area (Å²) in [6, 6.07) is 19.1. The first kappa shape index (κ1) is 23.5. The van der Waals surface area contributed by atoms with E-state index in [4.69, 9.17) is 18.9 Å². The molecule has 1 amide bonds. The van der Waals surface area contributed by atoms with Crippen molar-refractivity contribution in [2.75, 3.05) is 20.3 Å². The Morgan fingerprint density at radius 3 is 2.40 bits per heavy atom. The zero-order valence-electron chi connectivity index (χ0n) is 20.1. The monoisotopic (exact) mass is 475 g/mol. The van der Waals surface area contributed by atoms with Crippen molar-refractivity contribution in [2.45, 2.75) is 43.9 Å². The van der Waals surface area contributed by atoms with Gasteiger partial charge < -0.3 is 23.8 Å². The van der Waals surface area contributed by atoms with Crippen molar-refractivity contribution in [3.63, 3.8) is 0 Å². The van der Waals surface area contributed by atoms with Crippen LogP contribution in [0.25, 0.3) is 5.57 Å². The van der Waals surface area contributed by atoms with Crippen LogP contribution in [0.15, 0.2) is 78.4 Å². The molecule has 3 aliphatic rings. The minimum absolute atomic E-state index is 0.125. The third kappa shape index (κ3) is 4.10. The highest BCUT2D eigenvalue weighted by atomic mass is 16.7. The number of nitrogens with zero attached hydrogens (tertiary/aromatic N) is 1. The molecule has 7 nitrogen and oxygen atoms in total. The molecular formula is C28H29NO6. The quantitative estimate of drug-likeness (QED) is 0.362. The van der Waals surface area contributed by atoms with E-state index in [1.165, 1.54) is 13.2 Å². The topological polar surface area (TPSA) is 74.3 Å². The fourth-order valence-corrected chi connectivity index (χ4v) is 5.25. The summed E-state index contributed by atoms with van der Waals surface area (Å²) in [5, 5.41) is 0. The third-order valence-corrected chi connectivity index (χ3v) is 6.74. The van der Waals surface area contributed by atoms with Gasteiger partial charge in [0.2, 0.25) is 0 Å². The van der Waals surface area contributed by atoms with E-state index in [0.717, 1.165) is 22.3 Å². The number of ether oxygens (including phenoxy) is 4. The zero-order valence-corrected chi connectivity index (χ0v) is 20.1. The number of hydrogen-bond acceptors (Lipinski definition) is 6. The van der Waals surface area contributed by atoms with E-state index in [9.17, 15) is 9.59 Å². The summed E-state index contributed by atoms with van der Waals surface area (Å²) in [5.74, 6) is -1.35. The van der Waals surface area contributed by atoms with Crippen LogP contribution >= 0.6 is 0 Å². The lowest BCUT2D eigenvalue weighted by Gasteiger charge is -2.56. The molecule has 2 aromatic carbocycles. The maximum Gasteiger partial charge on any atom is 0.330 e. The largest absolute Gasteiger partial charge is 0.466 e. The molecule has 2 fully saturated rings. The maximum atomic E-state index is 14.0. The second-order valence-corrected chi connectivity index (χ2v) is 9.38. The second kappa shape index (κ2) is 9.07. The van der Waals surface area contributed by atoms with Gasteiger partial charge in [-0.2, -0.15) is 0 Å². The Balaban J connectivity index is 1.60.